The van der Waals surface area contributed by atoms with E-state index in [4.69, 9.17) is 0 Å². The molecule has 0 saturated heterocycles. The van der Waals surface area contributed by atoms with Crippen LogP contribution in [0.1, 0.15) is 15.4 Å². The van der Waals surface area contributed by atoms with Gasteiger partial charge in [-0.1, -0.05) is 28.1 Å². The highest BCUT2D eigenvalue weighted by molar-refractivity contribution is 9.10. The van der Waals surface area contributed by atoms with Gasteiger partial charge in [0.2, 0.25) is 0 Å². The van der Waals surface area contributed by atoms with E-state index in [-0.39, 0.29) is 6.03 Å². The molecule has 0 atom stereocenters. The number of nitrogens with zero attached hydrogens (tertiary/aromatic N) is 1. The number of rotatable bonds is 4. The van der Waals surface area contributed by atoms with Crippen LogP contribution in [0.4, 0.5) is 4.79 Å². The van der Waals surface area contributed by atoms with E-state index in [0.717, 1.165) is 19.9 Å². The number of aryl methyl sites for hydroxylation is 1. The van der Waals surface area contributed by atoms with Gasteiger partial charge in [-0.05, 0) is 24.6 Å². The molecule has 0 unspecified atom stereocenters. The summed E-state index contributed by atoms with van der Waals surface area (Å²) in [4.78, 5) is 16.8. The third-order valence-electron chi connectivity index (χ3n) is 2.46. The molecule has 2 aromatic rings. The van der Waals surface area contributed by atoms with Crippen molar-refractivity contribution in [1.29, 1.82) is 0 Å². The van der Waals surface area contributed by atoms with E-state index in [2.05, 4.69) is 31.5 Å². The van der Waals surface area contributed by atoms with Gasteiger partial charge in [0, 0.05) is 22.1 Å². The van der Waals surface area contributed by atoms with Gasteiger partial charge in [0.25, 0.3) is 0 Å². The van der Waals surface area contributed by atoms with Gasteiger partial charge in [-0.3, -0.25) is 0 Å². The van der Waals surface area contributed by atoms with Crippen LogP contribution in [-0.4, -0.2) is 11.0 Å². The first-order valence-electron chi connectivity index (χ1n) is 5.81. The van der Waals surface area contributed by atoms with Crippen LogP contribution in [0.3, 0.4) is 0 Å². The summed E-state index contributed by atoms with van der Waals surface area (Å²) >= 11 is 4.96. The topological polar surface area (TPSA) is 54.0 Å². The van der Waals surface area contributed by atoms with Crippen LogP contribution < -0.4 is 10.6 Å². The number of carbonyl (C=O) groups is 1. The molecule has 19 heavy (non-hydrogen) atoms. The highest BCUT2D eigenvalue weighted by Gasteiger charge is 2.02. The van der Waals surface area contributed by atoms with Crippen LogP contribution in [0.2, 0.25) is 0 Å². The highest BCUT2D eigenvalue weighted by atomic mass is 79.9. The molecule has 0 aliphatic rings. The molecule has 4 nitrogen and oxygen atoms in total. The Morgan fingerprint density at radius 1 is 1.26 bits per heavy atom. The molecule has 6 heteroatoms. The number of urea groups is 1. The number of aromatic nitrogens is 1. The first-order chi connectivity index (χ1) is 9.13. The van der Waals surface area contributed by atoms with Gasteiger partial charge in [-0.15, -0.1) is 11.3 Å². The van der Waals surface area contributed by atoms with Crippen LogP contribution >= 0.6 is 27.3 Å². The Balaban J connectivity index is 1.74. The van der Waals surface area contributed by atoms with E-state index in [1.807, 2.05) is 31.2 Å². The summed E-state index contributed by atoms with van der Waals surface area (Å²) < 4.78 is 1.03. The Hall–Kier alpha value is -1.40. The van der Waals surface area contributed by atoms with Gasteiger partial charge in [0.15, 0.2) is 0 Å². The number of nitrogens with one attached hydrogen (secondary N) is 2. The molecule has 100 valence electrons. The van der Waals surface area contributed by atoms with E-state index in [0.29, 0.717) is 13.1 Å². The molecule has 1 aromatic heterocycles. The minimum Gasteiger partial charge on any atom is -0.334 e. The second kappa shape index (κ2) is 6.68. The van der Waals surface area contributed by atoms with Crippen molar-refractivity contribution in [3.8, 4) is 0 Å². The lowest BCUT2D eigenvalue weighted by Gasteiger charge is -2.06. The lowest BCUT2D eigenvalue weighted by Crippen LogP contribution is -2.34. The summed E-state index contributed by atoms with van der Waals surface area (Å²) in [5, 5.41) is 6.63. The maximum absolute atomic E-state index is 11.6. The van der Waals surface area contributed by atoms with Crippen molar-refractivity contribution in [1.82, 2.24) is 15.6 Å². The fraction of sp³-hybridized carbons (Fsp3) is 0.231. The Kier molecular flexibility index (Phi) is 4.93. The summed E-state index contributed by atoms with van der Waals surface area (Å²) in [6.45, 7) is 2.97. The summed E-state index contributed by atoms with van der Waals surface area (Å²) in [5.74, 6) is 0. The molecule has 0 aliphatic carbocycles. The van der Waals surface area contributed by atoms with Crippen molar-refractivity contribution < 1.29 is 4.79 Å². The Labute approximate surface area is 124 Å². The van der Waals surface area contributed by atoms with E-state index in [1.165, 1.54) is 0 Å². The van der Waals surface area contributed by atoms with Crippen molar-refractivity contribution in [3.63, 3.8) is 0 Å². The molecule has 2 amide bonds. The fourth-order valence-corrected chi connectivity index (χ4v) is 2.50. The van der Waals surface area contributed by atoms with Crippen LogP contribution in [-0.2, 0) is 13.1 Å². The number of thiazole rings is 1. The molecular weight excluding hydrogens is 326 g/mol. The van der Waals surface area contributed by atoms with Crippen LogP contribution in [0.15, 0.2) is 34.9 Å². The summed E-state index contributed by atoms with van der Waals surface area (Å²) in [6, 6.07) is 7.67. The molecule has 0 saturated carbocycles. The SMILES string of the molecule is Cc1ncc(CNC(=O)NCc2ccc(Br)cc2)s1. The molecule has 1 aromatic carbocycles. The summed E-state index contributed by atoms with van der Waals surface area (Å²) in [5.41, 5.74) is 1.06. The minimum absolute atomic E-state index is 0.172. The maximum atomic E-state index is 11.6. The third-order valence-corrected chi connectivity index (χ3v) is 3.90. The fourth-order valence-electron chi connectivity index (χ4n) is 1.50. The molecule has 0 aliphatic heterocycles. The van der Waals surface area contributed by atoms with Gasteiger partial charge in [-0.2, -0.15) is 0 Å². The largest absolute Gasteiger partial charge is 0.334 e. The van der Waals surface area contributed by atoms with Crippen molar-refractivity contribution in [2.24, 2.45) is 0 Å². The number of hydrogen-bond donors (Lipinski definition) is 2. The number of amides is 2. The zero-order valence-corrected chi connectivity index (χ0v) is 12.8. The standard InChI is InChI=1S/C13H14BrN3OS/c1-9-15-7-12(19-9)8-17-13(18)16-6-10-2-4-11(14)5-3-10/h2-5,7H,6,8H2,1H3,(H2,16,17,18). The molecule has 1 heterocycles. The van der Waals surface area contributed by atoms with E-state index < -0.39 is 0 Å². The lowest BCUT2D eigenvalue weighted by atomic mass is 10.2. The predicted octanol–water partition coefficient (Wildman–Crippen LogP) is 3.21. The summed E-state index contributed by atoms with van der Waals surface area (Å²) in [6.07, 6.45) is 1.79. The zero-order valence-electron chi connectivity index (χ0n) is 10.4. The number of hydrogen-bond acceptors (Lipinski definition) is 3. The number of benzene rings is 1. The highest BCUT2D eigenvalue weighted by Crippen LogP contribution is 2.11. The second-order valence-electron chi connectivity index (χ2n) is 4.01. The van der Waals surface area contributed by atoms with Crippen molar-refractivity contribution in [3.05, 3.63) is 50.4 Å². The van der Waals surface area contributed by atoms with Crippen LogP contribution in [0.25, 0.3) is 0 Å². The van der Waals surface area contributed by atoms with E-state index in [1.54, 1.807) is 17.5 Å². The smallest absolute Gasteiger partial charge is 0.315 e. The minimum atomic E-state index is -0.172. The normalized spacial score (nSPS) is 10.2. The van der Waals surface area contributed by atoms with Crippen molar-refractivity contribution in [2.75, 3.05) is 0 Å². The molecule has 0 spiro atoms. The molecule has 0 bridgehead atoms. The van der Waals surface area contributed by atoms with Gasteiger partial charge < -0.3 is 10.6 Å². The Bertz CT molecular complexity index is 553. The predicted molar refractivity (Wildman–Crippen MR) is 80.1 cm³/mol. The van der Waals surface area contributed by atoms with Gasteiger partial charge >= 0.3 is 6.03 Å². The average molecular weight is 340 g/mol. The molecule has 2 N–H and O–H groups in total. The molecular formula is C13H14BrN3OS. The Morgan fingerprint density at radius 3 is 2.58 bits per heavy atom. The molecule has 2 rings (SSSR count). The summed E-state index contributed by atoms with van der Waals surface area (Å²) in [7, 11) is 0. The third kappa shape index (κ3) is 4.65. The second-order valence-corrected chi connectivity index (χ2v) is 6.24. The quantitative estimate of drug-likeness (QED) is 0.898. The van der Waals surface area contributed by atoms with Crippen molar-refractivity contribution >= 4 is 33.3 Å². The number of carbonyl (C=O) groups excluding carboxylic acids is 1. The first kappa shape index (κ1) is 14.0. The van der Waals surface area contributed by atoms with Crippen molar-refractivity contribution in [2.45, 2.75) is 20.0 Å². The maximum Gasteiger partial charge on any atom is 0.315 e. The number of halogens is 1. The van der Waals surface area contributed by atoms with Gasteiger partial charge in [0.05, 0.1) is 11.6 Å². The molecule has 0 fully saturated rings. The van der Waals surface area contributed by atoms with Crippen LogP contribution in [0.5, 0.6) is 0 Å². The zero-order chi connectivity index (χ0) is 13.7. The first-order valence-corrected chi connectivity index (χ1v) is 7.42. The van der Waals surface area contributed by atoms with Crippen LogP contribution in [0, 0.1) is 6.92 Å². The van der Waals surface area contributed by atoms with E-state index >= 15 is 0 Å². The monoisotopic (exact) mass is 339 g/mol. The lowest BCUT2D eigenvalue weighted by molar-refractivity contribution is 0.240. The van der Waals surface area contributed by atoms with Gasteiger partial charge in [0.1, 0.15) is 0 Å². The molecule has 0 radical (unpaired) electrons. The average Bonchev–Trinajstić information content (AvgIpc) is 2.81. The van der Waals surface area contributed by atoms with Gasteiger partial charge in [-0.25, -0.2) is 9.78 Å². The Morgan fingerprint density at radius 2 is 1.95 bits per heavy atom. The van der Waals surface area contributed by atoms with E-state index in [9.17, 15) is 4.79 Å².